The predicted molar refractivity (Wildman–Crippen MR) is 77.6 cm³/mol. The molecule has 0 aliphatic rings. The number of rotatable bonds is 6. The minimum atomic E-state index is -0.237. The minimum absolute atomic E-state index is 0.0207. The monoisotopic (exact) mass is 262 g/mol. The number of benzene rings is 1. The van der Waals surface area contributed by atoms with E-state index in [0.29, 0.717) is 5.75 Å². The predicted octanol–water partition coefficient (Wildman–Crippen LogP) is 2.97. The molecule has 0 atom stereocenters. The molecule has 19 heavy (non-hydrogen) atoms. The topological polar surface area (TPSA) is 50.7 Å². The van der Waals surface area contributed by atoms with Gasteiger partial charge in [0.2, 0.25) is 0 Å². The molecule has 0 aliphatic carbocycles. The molecule has 0 saturated carbocycles. The summed E-state index contributed by atoms with van der Waals surface area (Å²) in [6.45, 7) is 8.01. The molecule has 0 spiro atoms. The Kier molecular flexibility index (Phi) is 6.06. The second kappa shape index (κ2) is 7.56. The van der Waals surface area contributed by atoms with Gasteiger partial charge in [0.15, 0.2) is 6.61 Å². The summed E-state index contributed by atoms with van der Waals surface area (Å²) in [6, 6.07) is 5.88. The first-order valence-electron chi connectivity index (χ1n) is 6.60. The maximum Gasteiger partial charge on any atom is 0.277 e. The molecule has 1 aromatic rings. The number of nitrogens with one attached hydrogen (secondary N) is 1. The van der Waals surface area contributed by atoms with E-state index in [1.807, 2.05) is 39.8 Å². The maximum absolute atomic E-state index is 11.6. The van der Waals surface area contributed by atoms with Crippen LogP contribution in [0.5, 0.6) is 5.75 Å². The quantitative estimate of drug-likeness (QED) is 0.633. The van der Waals surface area contributed by atoms with E-state index in [4.69, 9.17) is 4.74 Å². The molecule has 0 aromatic heterocycles. The molecule has 0 radical (unpaired) electrons. The van der Waals surface area contributed by atoms with Gasteiger partial charge in [0.05, 0.1) is 0 Å². The second-order valence-electron chi connectivity index (χ2n) is 4.53. The summed E-state index contributed by atoms with van der Waals surface area (Å²) >= 11 is 0. The van der Waals surface area contributed by atoms with E-state index >= 15 is 0 Å². The SMILES string of the molecule is CCC(CC)=NNC(=O)COc1cc(C)cc(C)c1. The first-order valence-corrected chi connectivity index (χ1v) is 6.60. The third-order valence-electron chi connectivity index (χ3n) is 2.72. The fourth-order valence-corrected chi connectivity index (χ4v) is 1.75. The van der Waals surface area contributed by atoms with Crippen LogP contribution in [-0.4, -0.2) is 18.2 Å². The lowest BCUT2D eigenvalue weighted by Crippen LogP contribution is -2.25. The highest BCUT2D eigenvalue weighted by molar-refractivity contribution is 5.86. The van der Waals surface area contributed by atoms with E-state index < -0.39 is 0 Å². The Morgan fingerprint density at radius 3 is 2.26 bits per heavy atom. The number of carbonyl (C=O) groups excluding carboxylic acids is 1. The smallest absolute Gasteiger partial charge is 0.277 e. The van der Waals surface area contributed by atoms with Crippen molar-refractivity contribution in [2.45, 2.75) is 40.5 Å². The van der Waals surface area contributed by atoms with Gasteiger partial charge in [-0.1, -0.05) is 19.9 Å². The van der Waals surface area contributed by atoms with Gasteiger partial charge in [-0.2, -0.15) is 5.10 Å². The van der Waals surface area contributed by atoms with Crippen molar-refractivity contribution in [3.05, 3.63) is 29.3 Å². The summed E-state index contributed by atoms with van der Waals surface area (Å²) in [4.78, 5) is 11.6. The second-order valence-corrected chi connectivity index (χ2v) is 4.53. The molecule has 1 amide bonds. The van der Waals surface area contributed by atoms with E-state index in [2.05, 4.69) is 16.6 Å². The molecule has 4 heteroatoms. The standard InChI is InChI=1S/C15H22N2O2/c1-5-13(6-2)16-17-15(18)10-19-14-8-11(3)7-12(4)9-14/h7-9H,5-6,10H2,1-4H3,(H,17,18). The number of aryl methyl sites for hydroxylation is 2. The first kappa shape index (κ1) is 15.2. The lowest BCUT2D eigenvalue weighted by molar-refractivity contribution is -0.123. The van der Waals surface area contributed by atoms with Crippen molar-refractivity contribution in [3.8, 4) is 5.75 Å². The third kappa shape index (κ3) is 5.55. The van der Waals surface area contributed by atoms with E-state index in [1.54, 1.807) is 0 Å². The molecular weight excluding hydrogens is 240 g/mol. The fourth-order valence-electron chi connectivity index (χ4n) is 1.75. The van der Waals surface area contributed by atoms with Crippen LogP contribution < -0.4 is 10.2 Å². The average molecular weight is 262 g/mol. The highest BCUT2D eigenvalue weighted by atomic mass is 16.5. The summed E-state index contributed by atoms with van der Waals surface area (Å²) in [5.74, 6) is 0.474. The summed E-state index contributed by atoms with van der Waals surface area (Å²) in [7, 11) is 0. The Morgan fingerprint density at radius 1 is 1.16 bits per heavy atom. The van der Waals surface area contributed by atoms with Gasteiger partial charge < -0.3 is 4.74 Å². The van der Waals surface area contributed by atoms with Crippen molar-refractivity contribution in [1.82, 2.24) is 5.43 Å². The lowest BCUT2D eigenvalue weighted by Gasteiger charge is -2.07. The van der Waals surface area contributed by atoms with Crippen LogP contribution in [-0.2, 0) is 4.79 Å². The zero-order chi connectivity index (χ0) is 14.3. The van der Waals surface area contributed by atoms with Crippen LogP contribution in [0.1, 0.15) is 37.8 Å². The van der Waals surface area contributed by atoms with Crippen molar-refractivity contribution in [1.29, 1.82) is 0 Å². The molecule has 0 bridgehead atoms. The van der Waals surface area contributed by atoms with Gasteiger partial charge in [-0.3, -0.25) is 4.79 Å². The third-order valence-corrected chi connectivity index (χ3v) is 2.72. The molecule has 0 saturated heterocycles. The number of hydrazone groups is 1. The molecule has 0 heterocycles. The first-order chi connectivity index (χ1) is 9.05. The molecule has 1 aromatic carbocycles. The van der Waals surface area contributed by atoms with Gasteiger partial charge in [0.1, 0.15) is 5.75 Å². The zero-order valence-corrected chi connectivity index (χ0v) is 12.1. The Labute approximate surface area is 114 Å². The van der Waals surface area contributed by atoms with Crippen LogP contribution in [0.15, 0.2) is 23.3 Å². The van der Waals surface area contributed by atoms with Gasteiger partial charge >= 0.3 is 0 Å². The van der Waals surface area contributed by atoms with Crippen LogP contribution in [0.2, 0.25) is 0 Å². The Hall–Kier alpha value is -1.84. The van der Waals surface area contributed by atoms with Crippen LogP contribution in [0, 0.1) is 13.8 Å². The highest BCUT2D eigenvalue weighted by Crippen LogP contribution is 2.15. The van der Waals surface area contributed by atoms with Crippen LogP contribution in [0.25, 0.3) is 0 Å². The largest absolute Gasteiger partial charge is 0.484 e. The van der Waals surface area contributed by atoms with Crippen molar-refractivity contribution in [2.75, 3.05) is 6.61 Å². The number of hydrogen-bond acceptors (Lipinski definition) is 3. The molecule has 0 fully saturated rings. The zero-order valence-electron chi connectivity index (χ0n) is 12.1. The van der Waals surface area contributed by atoms with E-state index in [1.165, 1.54) is 0 Å². The van der Waals surface area contributed by atoms with Crippen LogP contribution in [0.3, 0.4) is 0 Å². The average Bonchev–Trinajstić information content (AvgIpc) is 2.36. The number of nitrogens with zero attached hydrogens (tertiary/aromatic N) is 1. The van der Waals surface area contributed by atoms with Gasteiger partial charge in [0, 0.05) is 5.71 Å². The highest BCUT2D eigenvalue weighted by Gasteiger charge is 2.03. The van der Waals surface area contributed by atoms with Crippen molar-refractivity contribution in [2.24, 2.45) is 5.10 Å². The fraction of sp³-hybridized carbons (Fsp3) is 0.467. The van der Waals surface area contributed by atoms with Crippen molar-refractivity contribution >= 4 is 11.6 Å². The maximum atomic E-state index is 11.6. The number of carbonyl (C=O) groups is 1. The molecule has 1 N–H and O–H groups in total. The Bertz CT molecular complexity index is 441. The summed E-state index contributed by atoms with van der Waals surface area (Å²) in [5, 5.41) is 4.05. The lowest BCUT2D eigenvalue weighted by atomic mass is 10.1. The Morgan fingerprint density at radius 2 is 1.74 bits per heavy atom. The van der Waals surface area contributed by atoms with Crippen molar-refractivity contribution < 1.29 is 9.53 Å². The van der Waals surface area contributed by atoms with Gasteiger partial charge in [-0.25, -0.2) is 5.43 Å². The molecule has 104 valence electrons. The Balaban J connectivity index is 2.48. The summed E-state index contributed by atoms with van der Waals surface area (Å²) < 4.78 is 5.45. The number of hydrogen-bond donors (Lipinski definition) is 1. The molecule has 0 unspecified atom stereocenters. The molecular formula is C15H22N2O2. The van der Waals surface area contributed by atoms with Crippen LogP contribution >= 0.6 is 0 Å². The molecule has 0 aliphatic heterocycles. The van der Waals surface area contributed by atoms with Gasteiger partial charge in [-0.05, 0) is 49.9 Å². The summed E-state index contributed by atoms with van der Waals surface area (Å²) in [5.41, 5.74) is 5.72. The van der Waals surface area contributed by atoms with E-state index in [0.717, 1.165) is 29.7 Å². The minimum Gasteiger partial charge on any atom is -0.484 e. The van der Waals surface area contributed by atoms with E-state index in [-0.39, 0.29) is 12.5 Å². The van der Waals surface area contributed by atoms with E-state index in [9.17, 15) is 4.79 Å². The van der Waals surface area contributed by atoms with Gasteiger partial charge in [0.25, 0.3) is 5.91 Å². The van der Waals surface area contributed by atoms with Gasteiger partial charge in [-0.15, -0.1) is 0 Å². The van der Waals surface area contributed by atoms with Crippen molar-refractivity contribution in [3.63, 3.8) is 0 Å². The summed E-state index contributed by atoms with van der Waals surface area (Å²) in [6.07, 6.45) is 1.68. The number of amides is 1. The molecule has 4 nitrogen and oxygen atoms in total. The normalized spacial score (nSPS) is 9.89. The molecule has 1 rings (SSSR count). The van der Waals surface area contributed by atoms with Crippen LogP contribution in [0.4, 0.5) is 0 Å². The number of ether oxygens (including phenoxy) is 1.